The first-order valence-electron chi connectivity index (χ1n) is 7.83. The van der Waals surface area contributed by atoms with Crippen molar-refractivity contribution in [1.82, 2.24) is 5.32 Å². The van der Waals surface area contributed by atoms with Gasteiger partial charge in [0, 0.05) is 19.0 Å². The van der Waals surface area contributed by atoms with Gasteiger partial charge in [0.1, 0.15) is 0 Å². The van der Waals surface area contributed by atoms with Gasteiger partial charge < -0.3 is 11.1 Å². The largest absolute Gasteiger partial charge is 0.356 e. The van der Waals surface area contributed by atoms with Gasteiger partial charge in [-0.3, -0.25) is 4.79 Å². The van der Waals surface area contributed by atoms with Crippen molar-refractivity contribution >= 4 is 5.91 Å². The van der Waals surface area contributed by atoms with Crippen LogP contribution in [0, 0.1) is 17.3 Å². The molecular weight excluding hydrogens is 236 g/mol. The molecule has 0 heterocycles. The number of amides is 1. The van der Waals surface area contributed by atoms with Crippen LogP contribution in [-0.4, -0.2) is 18.5 Å². The van der Waals surface area contributed by atoms with Crippen molar-refractivity contribution in [2.24, 2.45) is 23.0 Å². The van der Waals surface area contributed by atoms with Crippen LogP contribution in [0.4, 0.5) is 0 Å². The molecule has 0 spiro atoms. The van der Waals surface area contributed by atoms with E-state index in [4.69, 9.17) is 5.73 Å². The standard InChI is InChI=1S/C16H32N2O/c1-12(2)16(3,4)11-18-15(19)9-8-13-6-5-7-14(17)10-13/h12-14H,5-11,17H2,1-4H3,(H,18,19). The number of carbonyl (C=O) groups is 1. The van der Waals surface area contributed by atoms with Crippen LogP contribution < -0.4 is 11.1 Å². The van der Waals surface area contributed by atoms with Crippen LogP contribution in [0.3, 0.4) is 0 Å². The summed E-state index contributed by atoms with van der Waals surface area (Å²) in [6.07, 6.45) is 6.40. The zero-order valence-electron chi connectivity index (χ0n) is 13.2. The Balaban J connectivity index is 2.21. The fourth-order valence-electron chi connectivity index (χ4n) is 2.55. The van der Waals surface area contributed by atoms with Crippen LogP contribution in [0.5, 0.6) is 0 Å². The molecule has 1 aliphatic rings. The maximum absolute atomic E-state index is 11.9. The average Bonchev–Trinajstić information content (AvgIpc) is 2.34. The zero-order valence-corrected chi connectivity index (χ0v) is 13.2. The first-order chi connectivity index (χ1) is 8.81. The average molecular weight is 268 g/mol. The highest BCUT2D eigenvalue weighted by atomic mass is 16.1. The summed E-state index contributed by atoms with van der Waals surface area (Å²) in [4.78, 5) is 11.9. The molecule has 0 aromatic heterocycles. The van der Waals surface area contributed by atoms with Crippen LogP contribution in [0.2, 0.25) is 0 Å². The normalized spacial score (nSPS) is 24.5. The summed E-state index contributed by atoms with van der Waals surface area (Å²) in [5.41, 5.74) is 6.15. The van der Waals surface area contributed by atoms with E-state index in [2.05, 4.69) is 33.0 Å². The third kappa shape index (κ3) is 5.94. The summed E-state index contributed by atoms with van der Waals surface area (Å²) < 4.78 is 0. The summed E-state index contributed by atoms with van der Waals surface area (Å²) >= 11 is 0. The third-order valence-corrected chi connectivity index (χ3v) is 4.91. The minimum atomic E-state index is 0.169. The van der Waals surface area contributed by atoms with Gasteiger partial charge in [0.15, 0.2) is 0 Å². The zero-order chi connectivity index (χ0) is 14.5. The molecular formula is C16H32N2O. The Hall–Kier alpha value is -0.570. The van der Waals surface area contributed by atoms with E-state index in [0.717, 1.165) is 25.8 Å². The van der Waals surface area contributed by atoms with Gasteiger partial charge in [0.2, 0.25) is 5.91 Å². The Morgan fingerprint density at radius 1 is 1.37 bits per heavy atom. The van der Waals surface area contributed by atoms with E-state index < -0.39 is 0 Å². The monoisotopic (exact) mass is 268 g/mol. The van der Waals surface area contributed by atoms with Crippen molar-refractivity contribution in [3.8, 4) is 0 Å². The van der Waals surface area contributed by atoms with Gasteiger partial charge in [0.05, 0.1) is 0 Å². The summed E-state index contributed by atoms with van der Waals surface area (Å²) in [7, 11) is 0. The number of hydrogen-bond acceptors (Lipinski definition) is 2. The Labute approximate surface area is 118 Å². The van der Waals surface area contributed by atoms with Crippen molar-refractivity contribution < 1.29 is 4.79 Å². The van der Waals surface area contributed by atoms with E-state index in [1.165, 1.54) is 12.8 Å². The fraction of sp³-hybridized carbons (Fsp3) is 0.938. The lowest BCUT2D eigenvalue weighted by Crippen LogP contribution is -2.37. The Morgan fingerprint density at radius 3 is 2.63 bits per heavy atom. The molecule has 0 aromatic carbocycles. The molecule has 1 fully saturated rings. The molecule has 1 saturated carbocycles. The van der Waals surface area contributed by atoms with E-state index in [1.54, 1.807) is 0 Å². The first kappa shape index (κ1) is 16.5. The SMILES string of the molecule is CC(C)C(C)(C)CNC(=O)CCC1CCCC(N)C1. The summed E-state index contributed by atoms with van der Waals surface area (Å²) in [6, 6.07) is 0.363. The smallest absolute Gasteiger partial charge is 0.220 e. The highest BCUT2D eigenvalue weighted by molar-refractivity contribution is 5.75. The first-order valence-corrected chi connectivity index (χ1v) is 7.83. The van der Waals surface area contributed by atoms with Crippen LogP contribution in [0.1, 0.15) is 66.2 Å². The van der Waals surface area contributed by atoms with Crippen LogP contribution in [0.25, 0.3) is 0 Å². The van der Waals surface area contributed by atoms with Gasteiger partial charge in [-0.25, -0.2) is 0 Å². The topological polar surface area (TPSA) is 55.1 Å². The molecule has 2 unspecified atom stereocenters. The Kier molecular flexibility index (Phi) is 6.31. The number of carbonyl (C=O) groups excluding carboxylic acids is 1. The molecule has 1 rings (SSSR count). The predicted octanol–water partition coefficient (Wildman–Crippen LogP) is 3.08. The highest BCUT2D eigenvalue weighted by Gasteiger charge is 2.23. The van der Waals surface area contributed by atoms with Gasteiger partial charge in [-0.2, -0.15) is 0 Å². The number of nitrogens with two attached hydrogens (primary N) is 1. The molecule has 112 valence electrons. The van der Waals surface area contributed by atoms with Crippen molar-refractivity contribution in [2.75, 3.05) is 6.54 Å². The van der Waals surface area contributed by atoms with Gasteiger partial charge in [-0.15, -0.1) is 0 Å². The van der Waals surface area contributed by atoms with Crippen LogP contribution in [-0.2, 0) is 4.79 Å². The van der Waals surface area contributed by atoms with Crippen LogP contribution in [0.15, 0.2) is 0 Å². The second-order valence-electron chi connectivity index (χ2n) is 7.25. The molecule has 0 radical (unpaired) electrons. The molecule has 0 saturated heterocycles. The molecule has 3 heteroatoms. The van der Waals surface area contributed by atoms with Crippen molar-refractivity contribution in [2.45, 2.75) is 72.3 Å². The lowest BCUT2D eigenvalue weighted by molar-refractivity contribution is -0.122. The number of rotatable bonds is 6. The van der Waals surface area contributed by atoms with E-state index in [0.29, 0.717) is 24.3 Å². The fourth-order valence-corrected chi connectivity index (χ4v) is 2.55. The minimum absolute atomic E-state index is 0.169. The lowest BCUT2D eigenvalue weighted by Gasteiger charge is -2.30. The van der Waals surface area contributed by atoms with Gasteiger partial charge >= 0.3 is 0 Å². The quantitative estimate of drug-likeness (QED) is 0.778. The predicted molar refractivity (Wildman–Crippen MR) is 80.8 cm³/mol. The molecule has 2 atom stereocenters. The molecule has 1 amide bonds. The highest BCUT2D eigenvalue weighted by Crippen LogP contribution is 2.27. The van der Waals surface area contributed by atoms with Gasteiger partial charge in [0.25, 0.3) is 0 Å². The van der Waals surface area contributed by atoms with Crippen molar-refractivity contribution in [3.63, 3.8) is 0 Å². The minimum Gasteiger partial charge on any atom is -0.356 e. The number of nitrogens with one attached hydrogen (secondary N) is 1. The van der Waals surface area contributed by atoms with Gasteiger partial charge in [-0.1, -0.05) is 40.5 Å². The molecule has 0 aromatic rings. The van der Waals surface area contributed by atoms with Crippen molar-refractivity contribution in [1.29, 1.82) is 0 Å². The molecule has 3 N–H and O–H groups in total. The van der Waals surface area contributed by atoms with E-state index in [1.807, 2.05) is 0 Å². The van der Waals surface area contributed by atoms with Crippen LogP contribution >= 0.6 is 0 Å². The Morgan fingerprint density at radius 2 is 2.05 bits per heavy atom. The van der Waals surface area contributed by atoms with E-state index in [-0.39, 0.29) is 11.3 Å². The van der Waals surface area contributed by atoms with Crippen molar-refractivity contribution in [3.05, 3.63) is 0 Å². The molecule has 19 heavy (non-hydrogen) atoms. The van der Waals surface area contributed by atoms with Gasteiger partial charge in [-0.05, 0) is 36.5 Å². The Bertz CT molecular complexity index is 286. The summed E-state index contributed by atoms with van der Waals surface area (Å²) in [5.74, 6) is 1.43. The molecule has 1 aliphatic carbocycles. The lowest BCUT2D eigenvalue weighted by atomic mass is 9.81. The molecule has 3 nitrogen and oxygen atoms in total. The summed E-state index contributed by atoms with van der Waals surface area (Å²) in [6.45, 7) is 9.59. The maximum atomic E-state index is 11.9. The molecule has 0 bridgehead atoms. The second-order valence-corrected chi connectivity index (χ2v) is 7.25. The molecule has 0 aliphatic heterocycles. The van der Waals surface area contributed by atoms with E-state index >= 15 is 0 Å². The third-order valence-electron chi connectivity index (χ3n) is 4.91. The van der Waals surface area contributed by atoms with E-state index in [9.17, 15) is 4.79 Å². The second kappa shape index (κ2) is 7.28. The number of hydrogen-bond donors (Lipinski definition) is 2. The summed E-state index contributed by atoms with van der Waals surface area (Å²) in [5, 5.41) is 3.08. The maximum Gasteiger partial charge on any atom is 0.220 e.